The molecule has 1 heterocycles. The van der Waals surface area contributed by atoms with Crippen LogP contribution < -0.4 is 0 Å². The lowest BCUT2D eigenvalue weighted by Crippen LogP contribution is -2.44. The minimum absolute atomic E-state index is 0.0109. The number of rotatable bonds is 7. The standard InChI is InChI=1S/C12H20F3NO4S/c1-2-3-5-16(10-4-6-21(18,19)8-10)11(17)7-20-9-12(13,14)15/h10H,2-9H2,1H3. The van der Waals surface area contributed by atoms with E-state index in [1.54, 1.807) is 0 Å². The predicted octanol–water partition coefficient (Wildman–Crippen LogP) is 1.38. The topological polar surface area (TPSA) is 63.7 Å². The van der Waals surface area contributed by atoms with E-state index in [9.17, 15) is 26.4 Å². The summed E-state index contributed by atoms with van der Waals surface area (Å²) in [7, 11) is -3.16. The number of halogens is 3. The minimum atomic E-state index is -4.48. The Balaban J connectivity index is 2.58. The summed E-state index contributed by atoms with van der Waals surface area (Å²) >= 11 is 0. The van der Waals surface area contributed by atoms with Gasteiger partial charge < -0.3 is 9.64 Å². The smallest absolute Gasteiger partial charge is 0.362 e. The van der Waals surface area contributed by atoms with Crippen LogP contribution in [0.3, 0.4) is 0 Å². The third-order valence-corrected chi connectivity index (χ3v) is 4.96. The fourth-order valence-corrected chi connectivity index (χ4v) is 3.93. The fraction of sp³-hybridized carbons (Fsp3) is 0.917. The minimum Gasteiger partial charge on any atom is -0.362 e. The van der Waals surface area contributed by atoms with Gasteiger partial charge in [0.25, 0.3) is 0 Å². The first kappa shape index (κ1) is 18.2. The Bertz CT molecular complexity index is 450. The number of alkyl halides is 3. The van der Waals surface area contributed by atoms with Crippen LogP contribution in [-0.2, 0) is 19.4 Å². The van der Waals surface area contributed by atoms with Gasteiger partial charge in [0.2, 0.25) is 5.91 Å². The highest BCUT2D eigenvalue weighted by atomic mass is 32.2. The second kappa shape index (κ2) is 7.44. The molecule has 1 amide bonds. The summed E-state index contributed by atoms with van der Waals surface area (Å²) in [6.07, 6.45) is -2.68. The number of carbonyl (C=O) groups is 1. The number of sulfone groups is 1. The first-order valence-electron chi connectivity index (χ1n) is 6.79. The van der Waals surface area contributed by atoms with Crippen molar-refractivity contribution >= 4 is 15.7 Å². The molecule has 21 heavy (non-hydrogen) atoms. The molecule has 1 aliphatic rings. The van der Waals surface area contributed by atoms with E-state index in [1.165, 1.54) is 4.90 Å². The number of ether oxygens (including phenoxy) is 1. The van der Waals surface area contributed by atoms with Crippen molar-refractivity contribution in [2.75, 3.05) is 31.3 Å². The van der Waals surface area contributed by atoms with Gasteiger partial charge in [0, 0.05) is 12.6 Å². The molecule has 0 saturated carbocycles. The Morgan fingerprint density at radius 2 is 2.05 bits per heavy atom. The molecule has 0 spiro atoms. The van der Waals surface area contributed by atoms with Gasteiger partial charge in [-0.3, -0.25) is 4.79 Å². The third-order valence-electron chi connectivity index (χ3n) is 3.21. The summed E-state index contributed by atoms with van der Waals surface area (Å²) < 4.78 is 63.3. The molecule has 1 aliphatic heterocycles. The highest BCUT2D eigenvalue weighted by Gasteiger charge is 2.35. The number of hydrogen-bond acceptors (Lipinski definition) is 4. The van der Waals surface area contributed by atoms with Gasteiger partial charge in [-0.25, -0.2) is 8.42 Å². The lowest BCUT2D eigenvalue weighted by molar-refractivity contribution is -0.178. The summed E-state index contributed by atoms with van der Waals surface area (Å²) in [6.45, 7) is 0.0855. The van der Waals surface area contributed by atoms with Crippen LogP contribution in [0.2, 0.25) is 0 Å². The quantitative estimate of drug-likeness (QED) is 0.707. The van der Waals surface area contributed by atoms with Crippen LogP contribution in [-0.4, -0.2) is 62.7 Å². The maximum Gasteiger partial charge on any atom is 0.411 e. The Morgan fingerprint density at radius 1 is 1.38 bits per heavy atom. The third kappa shape index (κ3) is 6.64. The van der Waals surface area contributed by atoms with Crippen LogP contribution in [0.25, 0.3) is 0 Å². The molecule has 0 bridgehead atoms. The monoisotopic (exact) mass is 331 g/mol. The molecular formula is C12H20F3NO4S. The molecule has 1 atom stereocenters. The van der Waals surface area contributed by atoms with E-state index >= 15 is 0 Å². The van der Waals surface area contributed by atoms with Crippen molar-refractivity contribution in [2.45, 2.75) is 38.4 Å². The van der Waals surface area contributed by atoms with Crippen LogP contribution in [0, 0.1) is 0 Å². The molecule has 9 heteroatoms. The summed E-state index contributed by atoms with van der Waals surface area (Å²) in [5.41, 5.74) is 0. The van der Waals surface area contributed by atoms with Crippen molar-refractivity contribution in [3.05, 3.63) is 0 Å². The van der Waals surface area contributed by atoms with Crippen molar-refractivity contribution in [3.8, 4) is 0 Å². The van der Waals surface area contributed by atoms with E-state index in [0.29, 0.717) is 19.4 Å². The van der Waals surface area contributed by atoms with E-state index in [1.807, 2.05) is 6.92 Å². The van der Waals surface area contributed by atoms with Crippen molar-refractivity contribution in [1.82, 2.24) is 4.90 Å². The number of hydrogen-bond donors (Lipinski definition) is 0. The summed E-state index contributed by atoms with van der Waals surface area (Å²) in [6, 6.07) is -0.455. The van der Waals surface area contributed by atoms with Gasteiger partial charge in [-0.1, -0.05) is 13.3 Å². The normalized spacial score (nSPS) is 21.4. The van der Waals surface area contributed by atoms with Crippen molar-refractivity contribution < 1.29 is 31.1 Å². The van der Waals surface area contributed by atoms with Crippen LogP contribution in [0.5, 0.6) is 0 Å². The number of amides is 1. The van der Waals surface area contributed by atoms with Crippen LogP contribution >= 0.6 is 0 Å². The van der Waals surface area contributed by atoms with E-state index in [2.05, 4.69) is 4.74 Å². The lowest BCUT2D eigenvalue weighted by atomic mass is 10.2. The molecule has 1 rings (SSSR count). The van der Waals surface area contributed by atoms with Gasteiger partial charge in [0.1, 0.15) is 13.2 Å². The lowest BCUT2D eigenvalue weighted by Gasteiger charge is -2.28. The van der Waals surface area contributed by atoms with Crippen molar-refractivity contribution in [2.24, 2.45) is 0 Å². The molecule has 5 nitrogen and oxygen atoms in total. The van der Waals surface area contributed by atoms with Gasteiger partial charge in [0.05, 0.1) is 11.5 Å². The molecule has 124 valence electrons. The second-order valence-corrected chi connectivity index (χ2v) is 7.33. The number of nitrogens with zero attached hydrogens (tertiary/aromatic N) is 1. The van der Waals surface area contributed by atoms with Crippen LogP contribution in [0.4, 0.5) is 13.2 Å². The van der Waals surface area contributed by atoms with Gasteiger partial charge in [-0.2, -0.15) is 13.2 Å². The first-order chi connectivity index (χ1) is 9.64. The molecular weight excluding hydrogens is 311 g/mol. The Morgan fingerprint density at radius 3 is 2.52 bits per heavy atom. The highest BCUT2D eigenvalue weighted by Crippen LogP contribution is 2.19. The maximum atomic E-state index is 12.0. The Kier molecular flexibility index (Phi) is 6.45. The van der Waals surface area contributed by atoms with Gasteiger partial charge in [-0.05, 0) is 12.8 Å². The highest BCUT2D eigenvalue weighted by molar-refractivity contribution is 7.91. The predicted molar refractivity (Wildman–Crippen MR) is 70.6 cm³/mol. The van der Waals surface area contributed by atoms with E-state index in [-0.39, 0.29) is 11.5 Å². The summed E-state index contributed by atoms with van der Waals surface area (Å²) in [5, 5.41) is 0. The van der Waals surface area contributed by atoms with E-state index in [0.717, 1.165) is 6.42 Å². The van der Waals surface area contributed by atoms with E-state index in [4.69, 9.17) is 0 Å². The van der Waals surface area contributed by atoms with Crippen LogP contribution in [0.15, 0.2) is 0 Å². The summed E-state index contributed by atoms with van der Waals surface area (Å²) in [4.78, 5) is 13.3. The second-order valence-electron chi connectivity index (χ2n) is 5.11. The molecule has 0 N–H and O–H groups in total. The molecule has 0 aromatic heterocycles. The van der Waals surface area contributed by atoms with Gasteiger partial charge in [0.15, 0.2) is 9.84 Å². The average molecular weight is 331 g/mol. The van der Waals surface area contributed by atoms with E-state index < -0.39 is 41.2 Å². The zero-order valence-corrected chi connectivity index (χ0v) is 12.7. The molecule has 0 radical (unpaired) electrons. The molecule has 0 aromatic carbocycles. The zero-order valence-electron chi connectivity index (χ0n) is 11.9. The fourth-order valence-electron chi connectivity index (χ4n) is 2.20. The zero-order chi connectivity index (χ0) is 16.1. The molecule has 1 saturated heterocycles. The van der Waals surface area contributed by atoms with Crippen molar-refractivity contribution in [1.29, 1.82) is 0 Å². The largest absolute Gasteiger partial charge is 0.411 e. The Hall–Kier alpha value is -0.830. The number of carbonyl (C=O) groups excluding carboxylic acids is 1. The summed E-state index contributed by atoms with van der Waals surface area (Å²) in [5.74, 6) is -0.701. The molecule has 1 fully saturated rings. The molecule has 1 unspecified atom stereocenters. The Labute approximate surface area is 122 Å². The first-order valence-corrected chi connectivity index (χ1v) is 8.61. The maximum absolute atomic E-state index is 12.0. The molecule has 0 aliphatic carbocycles. The van der Waals surface area contributed by atoms with Gasteiger partial charge >= 0.3 is 6.18 Å². The SMILES string of the molecule is CCCCN(C(=O)COCC(F)(F)F)C1CCS(=O)(=O)C1. The van der Waals surface area contributed by atoms with Gasteiger partial charge in [-0.15, -0.1) is 0 Å². The van der Waals surface area contributed by atoms with Crippen molar-refractivity contribution in [3.63, 3.8) is 0 Å². The average Bonchev–Trinajstić information content (AvgIpc) is 2.68. The number of unbranched alkanes of at least 4 members (excludes halogenated alkanes) is 1. The molecule has 0 aromatic rings. The van der Waals surface area contributed by atoms with Crippen LogP contribution in [0.1, 0.15) is 26.2 Å².